The van der Waals surface area contributed by atoms with E-state index in [1.165, 1.54) is 32.3 Å². The normalized spacial score (nSPS) is 16.6. The first-order valence-corrected chi connectivity index (χ1v) is 11.0. The zero-order chi connectivity index (χ0) is 25.8. The van der Waals surface area contributed by atoms with Crippen molar-refractivity contribution >= 4 is 23.4 Å². The summed E-state index contributed by atoms with van der Waals surface area (Å²) < 4.78 is 15.3. The van der Waals surface area contributed by atoms with Crippen molar-refractivity contribution in [1.29, 1.82) is 0 Å². The number of benzene rings is 2. The van der Waals surface area contributed by atoms with Crippen LogP contribution in [-0.4, -0.2) is 54.0 Å². The zero-order valence-electron chi connectivity index (χ0n) is 19.9. The molecule has 0 aliphatic carbocycles. The van der Waals surface area contributed by atoms with Gasteiger partial charge in [-0.1, -0.05) is 12.1 Å². The average Bonchev–Trinajstić information content (AvgIpc) is 3.17. The van der Waals surface area contributed by atoms with Crippen LogP contribution in [0.4, 0.5) is 0 Å². The number of aliphatic hydroxyl groups excluding tert-OH is 1. The van der Waals surface area contributed by atoms with Crippen molar-refractivity contribution in [2.45, 2.75) is 12.6 Å². The van der Waals surface area contributed by atoms with Crippen LogP contribution in [0.25, 0.3) is 5.76 Å². The number of aromatic nitrogens is 1. The first kappa shape index (κ1) is 24.5. The summed E-state index contributed by atoms with van der Waals surface area (Å²) in [6.45, 7) is 0.110. The number of likely N-dealkylation sites (tertiary alicyclic amines) is 1. The molecule has 0 bridgehead atoms. The van der Waals surface area contributed by atoms with E-state index in [4.69, 9.17) is 14.2 Å². The Labute approximate surface area is 207 Å². The lowest BCUT2D eigenvalue weighted by Gasteiger charge is -2.25. The maximum atomic E-state index is 13.3. The van der Waals surface area contributed by atoms with Crippen molar-refractivity contribution < 1.29 is 33.7 Å². The van der Waals surface area contributed by atoms with E-state index >= 15 is 0 Å². The van der Waals surface area contributed by atoms with Crippen LogP contribution in [0.3, 0.4) is 0 Å². The summed E-state index contributed by atoms with van der Waals surface area (Å²) in [5, 5.41) is 11.3. The molecule has 1 saturated heterocycles. The summed E-state index contributed by atoms with van der Waals surface area (Å²) in [6.07, 6.45) is 3.19. The predicted molar refractivity (Wildman–Crippen MR) is 129 cm³/mol. The lowest BCUT2D eigenvalue weighted by Crippen LogP contribution is -2.29. The van der Waals surface area contributed by atoms with Gasteiger partial charge in [0.2, 0.25) is 0 Å². The highest BCUT2D eigenvalue weighted by Crippen LogP contribution is 2.41. The van der Waals surface area contributed by atoms with E-state index in [2.05, 4.69) is 4.98 Å². The maximum Gasteiger partial charge on any atom is 0.337 e. The van der Waals surface area contributed by atoms with Crippen LogP contribution in [0.15, 0.2) is 72.6 Å². The fourth-order valence-electron chi connectivity index (χ4n) is 4.13. The van der Waals surface area contributed by atoms with E-state index in [1.54, 1.807) is 60.9 Å². The minimum atomic E-state index is -0.905. The van der Waals surface area contributed by atoms with Gasteiger partial charge in [-0.2, -0.15) is 0 Å². The first-order valence-electron chi connectivity index (χ1n) is 11.0. The van der Waals surface area contributed by atoms with Gasteiger partial charge in [0.15, 0.2) is 11.5 Å². The van der Waals surface area contributed by atoms with Crippen LogP contribution >= 0.6 is 0 Å². The van der Waals surface area contributed by atoms with Crippen molar-refractivity contribution in [3.05, 3.63) is 94.8 Å². The number of ketones is 1. The highest BCUT2D eigenvalue weighted by molar-refractivity contribution is 6.46. The molecule has 0 spiro atoms. The molecule has 184 valence electrons. The quantitative estimate of drug-likeness (QED) is 0.233. The Kier molecular flexibility index (Phi) is 7.00. The van der Waals surface area contributed by atoms with Crippen molar-refractivity contribution in [1.82, 2.24) is 9.88 Å². The van der Waals surface area contributed by atoms with E-state index in [-0.39, 0.29) is 23.4 Å². The number of methoxy groups -OCH3 is 3. The second-order valence-corrected chi connectivity index (χ2v) is 7.97. The molecule has 0 saturated carbocycles. The number of carbonyl (C=O) groups excluding carboxylic acids is 3. The molecule has 9 nitrogen and oxygen atoms in total. The van der Waals surface area contributed by atoms with E-state index < -0.39 is 23.7 Å². The lowest BCUT2D eigenvalue weighted by atomic mass is 9.94. The third kappa shape index (κ3) is 4.50. The highest BCUT2D eigenvalue weighted by Gasteiger charge is 2.46. The van der Waals surface area contributed by atoms with Crippen LogP contribution in [0.5, 0.6) is 11.5 Å². The van der Waals surface area contributed by atoms with Crippen LogP contribution in [-0.2, 0) is 20.9 Å². The topological polar surface area (TPSA) is 115 Å². The fraction of sp³-hybridized carbons (Fsp3) is 0.185. The average molecular weight is 488 g/mol. The number of esters is 1. The van der Waals surface area contributed by atoms with Gasteiger partial charge in [-0.15, -0.1) is 0 Å². The SMILES string of the molecule is COC(=O)c1ccc(C2/C(=C(\O)c3ccc(OC)c(OC)c3)C(=O)C(=O)N2Cc2ccncc2)cc1. The van der Waals surface area contributed by atoms with Crippen molar-refractivity contribution in [3.63, 3.8) is 0 Å². The summed E-state index contributed by atoms with van der Waals surface area (Å²) in [5.74, 6) is -1.64. The molecule has 1 N–H and O–H groups in total. The third-order valence-corrected chi connectivity index (χ3v) is 5.95. The van der Waals surface area contributed by atoms with Gasteiger partial charge in [-0.05, 0) is 53.6 Å². The molecule has 36 heavy (non-hydrogen) atoms. The Morgan fingerprint density at radius 2 is 1.56 bits per heavy atom. The first-order chi connectivity index (χ1) is 17.4. The number of aliphatic hydroxyl groups is 1. The second kappa shape index (κ2) is 10.3. The molecule has 4 rings (SSSR count). The molecule has 1 aromatic heterocycles. The van der Waals surface area contributed by atoms with Gasteiger partial charge in [0.1, 0.15) is 5.76 Å². The molecular formula is C27H24N2O7. The predicted octanol–water partition coefficient (Wildman–Crippen LogP) is 3.51. The molecule has 1 aliphatic heterocycles. The Hall–Kier alpha value is -4.66. The summed E-state index contributed by atoms with van der Waals surface area (Å²) in [6, 6.07) is 13.6. The third-order valence-electron chi connectivity index (χ3n) is 5.95. The number of ether oxygens (including phenoxy) is 3. The number of rotatable bonds is 7. The molecule has 1 aliphatic rings. The molecule has 3 aromatic rings. The molecule has 2 heterocycles. The van der Waals surface area contributed by atoms with Gasteiger partial charge in [0, 0.05) is 24.5 Å². The smallest absolute Gasteiger partial charge is 0.337 e. The maximum absolute atomic E-state index is 13.3. The van der Waals surface area contributed by atoms with Crippen molar-refractivity contribution in [3.8, 4) is 11.5 Å². The molecule has 0 radical (unpaired) electrons. The zero-order valence-corrected chi connectivity index (χ0v) is 19.9. The van der Waals surface area contributed by atoms with Gasteiger partial charge in [-0.25, -0.2) is 4.79 Å². The number of hydrogen-bond acceptors (Lipinski definition) is 8. The summed E-state index contributed by atoms with van der Waals surface area (Å²) in [5.41, 5.74) is 1.82. The summed E-state index contributed by atoms with van der Waals surface area (Å²) in [4.78, 5) is 43.7. The Bertz CT molecular complexity index is 1330. The lowest BCUT2D eigenvalue weighted by molar-refractivity contribution is -0.140. The molecule has 1 fully saturated rings. The van der Waals surface area contributed by atoms with E-state index in [0.29, 0.717) is 22.6 Å². The van der Waals surface area contributed by atoms with Crippen LogP contribution in [0.2, 0.25) is 0 Å². The largest absolute Gasteiger partial charge is 0.507 e. The van der Waals surface area contributed by atoms with E-state index in [9.17, 15) is 19.5 Å². The molecule has 2 aromatic carbocycles. The summed E-state index contributed by atoms with van der Waals surface area (Å²) >= 11 is 0. The van der Waals surface area contributed by atoms with Gasteiger partial charge in [-0.3, -0.25) is 14.6 Å². The standard InChI is InChI=1S/C27H24N2O7/c1-34-20-9-8-19(14-21(20)35-2)24(30)22-23(17-4-6-18(7-5-17)27(33)36-3)29(26(32)25(22)31)15-16-10-12-28-13-11-16/h4-14,23,30H,15H2,1-3H3/b24-22+. The fourth-order valence-corrected chi connectivity index (χ4v) is 4.13. The van der Waals surface area contributed by atoms with E-state index in [0.717, 1.165) is 5.56 Å². The minimum absolute atomic E-state index is 0.0768. The highest BCUT2D eigenvalue weighted by atomic mass is 16.5. The van der Waals surface area contributed by atoms with Gasteiger partial charge in [0.25, 0.3) is 11.7 Å². The number of carbonyl (C=O) groups is 3. The molecule has 1 amide bonds. The number of pyridine rings is 1. The van der Waals surface area contributed by atoms with Gasteiger partial charge >= 0.3 is 5.97 Å². The Balaban J connectivity index is 1.86. The minimum Gasteiger partial charge on any atom is -0.507 e. The van der Waals surface area contributed by atoms with Crippen LogP contribution in [0, 0.1) is 0 Å². The van der Waals surface area contributed by atoms with Crippen molar-refractivity contribution in [2.24, 2.45) is 0 Å². The number of nitrogens with zero attached hydrogens (tertiary/aromatic N) is 2. The van der Waals surface area contributed by atoms with Gasteiger partial charge < -0.3 is 24.2 Å². The monoisotopic (exact) mass is 488 g/mol. The second-order valence-electron chi connectivity index (χ2n) is 7.97. The molecule has 1 unspecified atom stereocenters. The molecule has 1 atom stereocenters. The van der Waals surface area contributed by atoms with Crippen LogP contribution in [0.1, 0.15) is 33.1 Å². The summed E-state index contributed by atoms with van der Waals surface area (Å²) in [7, 11) is 4.22. The number of amides is 1. The van der Waals surface area contributed by atoms with Gasteiger partial charge in [0.05, 0.1) is 38.5 Å². The van der Waals surface area contributed by atoms with E-state index in [1.807, 2.05) is 0 Å². The Morgan fingerprint density at radius 3 is 2.17 bits per heavy atom. The van der Waals surface area contributed by atoms with Crippen molar-refractivity contribution in [2.75, 3.05) is 21.3 Å². The molecular weight excluding hydrogens is 464 g/mol. The molecule has 9 heteroatoms. The Morgan fingerprint density at radius 1 is 0.917 bits per heavy atom. The number of Topliss-reactive ketones (excluding diaryl/α,β-unsaturated/α-hetero) is 1. The van der Waals surface area contributed by atoms with Crippen LogP contribution < -0.4 is 9.47 Å². The number of hydrogen-bond donors (Lipinski definition) is 1.